The zero-order chi connectivity index (χ0) is 18.6. The number of esters is 2. The Morgan fingerprint density at radius 3 is 1.74 bits per heavy atom. The summed E-state index contributed by atoms with van der Waals surface area (Å²) < 4.78 is 108. The summed E-state index contributed by atoms with van der Waals surface area (Å²) in [4.78, 5) is 21.7. The van der Waals surface area contributed by atoms with Crippen LogP contribution >= 0.6 is 0 Å². The summed E-state index contributed by atoms with van der Waals surface area (Å²) in [5, 5.41) is 0. The molecule has 0 saturated heterocycles. The maximum absolute atomic E-state index is 13.0. The molecule has 0 aliphatic carbocycles. The van der Waals surface area contributed by atoms with Crippen LogP contribution in [0.3, 0.4) is 0 Å². The van der Waals surface area contributed by atoms with E-state index in [2.05, 4.69) is 9.47 Å². The predicted octanol–water partition coefficient (Wildman–Crippen LogP) is 2.90. The monoisotopic (exact) mass is 360 g/mol. The predicted molar refractivity (Wildman–Crippen MR) is 57.6 cm³/mol. The quantitative estimate of drug-likeness (QED) is 0.380. The van der Waals surface area contributed by atoms with Crippen LogP contribution in [0.2, 0.25) is 0 Å². The number of ether oxygens (including phenoxy) is 2. The van der Waals surface area contributed by atoms with E-state index in [0.717, 1.165) is 0 Å². The maximum atomic E-state index is 13.0. The van der Waals surface area contributed by atoms with Gasteiger partial charge in [-0.05, 0) is 0 Å². The molecule has 0 N–H and O–H groups in total. The second-order valence-corrected chi connectivity index (χ2v) is 4.53. The molecule has 0 saturated carbocycles. The molecule has 0 unspecified atom stereocenters. The molecule has 0 rings (SSSR count). The fourth-order valence-corrected chi connectivity index (χ4v) is 1.01. The molecule has 0 atom stereocenters. The molecule has 0 aromatic heterocycles. The van der Waals surface area contributed by atoms with Crippen molar-refractivity contribution in [3.63, 3.8) is 0 Å². The average molecular weight is 360 g/mol. The minimum absolute atomic E-state index is 0.624. The fourth-order valence-electron chi connectivity index (χ4n) is 1.01. The van der Waals surface area contributed by atoms with Gasteiger partial charge in [-0.2, -0.15) is 26.3 Å². The summed E-state index contributed by atoms with van der Waals surface area (Å²) in [6.07, 6.45) is -5.14. The van der Waals surface area contributed by atoms with Crippen LogP contribution in [-0.2, 0) is 19.1 Å². The van der Waals surface area contributed by atoms with E-state index >= 15 is 0 Å². The van der Waals surface area contributed by atoms with Crippen LogP contribution < -0.4 is 0 Å². The van der Waals surface area contributed by atoms with E-state index < -0.39 is 55.3 Å². The van der Waals surface area contributed by atoms with Gasteiger partial charge in [-0.15, -0.1) is 0 Å². The van der Waals surface area contributed by atoms with Crippen molar-refractivity contribution in [3.05, 3.63) is 0 Å². The van der Waals surface area contributed by atoms with Gasteiger partial charge in [-0.3, -0.25) is 4.79 Å². The van der Waals surface area contributed by atoms with Crippen LogP contribution in [0.1, 0.15) is 13.8 Å². The number of hydrogen-bond acceptors (Lipinski definition) is 4. The molecule has 0 bridgehead atoms. The van der Waals surface area contributed by atoms with E-state index in [1.165, 1.54) is 13.8 Å². The van der Waals surface area contributed by atoms with E-state index in [9.17, 15) is 44.7 Å². The highest BCUT2D eigenvalue weighted by Gasteiger charge is 2.79. The Balaban J connectivity index is 4.82. The SMILES string of the molecule is CC(C)C(=O)OCCOC(=O)C(F)(F)C(F)(F)C(F)(F)C(F)F. The standard InChI is InChI=1S/C11H12F8O4/c1-5(2)6(20)22-3-4-23-8(21)10(16,17)11(18,19)9(14,15)7(12)13/h5,7H,3-4H2,1-2H3. The van der Waals surface area contributed by atoms with Gasteiger partial charge < -0.3 is 9.47 Å². The molecule has 0 aromatic carbocycles. The van der Waals surface area contributed by atoms with Gasteiger partial charge in [0.05, 0.1) is 5.92 Å². The molecular weight excluding hydrogens is 348 g/mol. The summed E-state index contributed by atoms with van der Waals surface area (Å²) in [5.41, 5.74) is 0. The number of rotatable bonds is 8. The first-order valence-electron chi connectivity index (χ1n) is 5.95. The molecule has 0 aromatic rings. The number of alkyl halides is 8. The summed E-state index contributed by atoms with van der Waals surface area (Å²) >= 11 is 0. The van der Waals surface area contributed by atoms with Crippen LogP contribution in [0.5, 0.6) is 0 Å². The van der Waals surface area contributed by atoms with Gasteiger partial charge in [-0.25, -0.2) is 13.6 Å². The van der Waals surface area contributed by atoms with E-state index in [-0.39, 0.29) is 0 Å². The minimum atomic E-state index is -6.68. The van der Waals surface area contributed by atoms with Crippen molar-refractivity contribution in [2.24, 2.45) is 5.92 Å². The number of halogens is 8. The van der Waals surface area contributed by atoms with Crippen molar-refractivity contribution in [1.82, 2.24) is 0 Å². The van der Waals surface area contributed by atoms with Gasteiger partial charge in [-0.1, -0.05) is 13.8 Å². The lowest BCUT2D eigenvalue weighted by molar-refractivity contribution is -0.332. The van der Waals surface area contributed by atoms with Gasteiger partial charge in [0.2, 0.25) is 0 Å². The van der Waals surface area contributed by atoms with Crippen molar-refractivity contribution in [2.75, 3.05) is 13.2 Å². The second kappa shape index (κ2) is 7.30. The first-order chi connectivity index (χ1) is 10.2. The highest BCUT2D eigenvalue weighted by Crippen LogP contribution is 2.48. The Kier molecular flexibility index (Phi) is 6.79. The van der Waals surface area contributed by atoms with E-state index in [1.807, 2.05) is 0 Å². The second-order valence-electron chi connectivity index (χ2n) is 4.53. The first-order valence-corrected chi connectivity index (χ1v) is 5.95. The smallest absolute Gasteiger partial charge is 0.410 e. The molecule has 0 radical (unpaired) electrons. The molecule has 136 valence electrons. The Labute approximate surface area is 124 Å². The van der Waals surface area contributed by atoms with Crippen LogP contribution in [0.25, 0.3) is 0 Å². The van der Waals surface area contributed by atoms with Gasteiger partial charge in [0.15, 0.2) is 0 Å². The number of hydrogen-bond donors (Lipinski definition) is 0. The largest absolute Gasteiger partial charge is 0.462 e. The number of carbonyl (C=O) groups excluding carboxylic acids is 2. The Bertz CT molecular complexity index is 436. The van der Waals surface area contributed by atoms with Crippen molar-refractivity contribution >= 4 is 11.9 Å². The van der Waals surface area contributed by atoms with E-state index in [0.29, 0.717) is 0 Å². The first kappa shape index (κ1) is 21.4. The molecule has 0 aliphatic rings. The van der Waals surface area contributed by atoms with Crippen LogP contribution in [0.4, 0.5) is 35.1 Å². The van der Waals surface area contributed by atoms with E-state index in [4.69, 9.17) is 0 Å². The summed E-state index contributed by atoms with van der Waals surface area (Å²) in [7, 11) is 0. The molecule has 0 aliphatic heterocycles. The van der Waals surface area contributed by atoms with Gasteiger partial charge in [0.25, 0.3) is 0 Å². The molecule has 0 spiro atoms. The molecule has 0 heterocycles. The lowest BCUT2D eigenvalue weighted by Crippen LogP contribution is -2.61. The topological polar surface area (TPSA) is 52.6 Å². The zero-order valence-electron chi connectivity index (χ0n) is 11.7. The van der Waals surface area contributed by atoms with Crippen molar-refractivity contribution in [2.45, 2.75) is 38.0 Å². The maximum Gasteiger partial charge on any atom is 0.410 e. The third-order valence-electron chi connectivity index (χ3n) is 2.38. The van der Waals surface area contributed by atoms with Gasteiger partial charge >= 0.3 is 36.1 Å². The lowest BCUT2D eigenvalue weighted by Gasteiger charge is -2.30. The van der Waals surface area contributed by atoms with Gasteiger partial charge in [0.1, 0.15) is 13.2 Å². The molecular formula is C11H12F8O4. The summed E-state index contributed by atoms with van der Waals surface area (Å²) in [5.74, 6) is -24.0. The Morgan fingerprint density at radius 2 is 1.35 bits per heavy atom. The van der Waals surface area contributed by atoms with Crippen molar-refractivity contribution in [1.29, 1.82) is 0 Å². The summed E-state index contributed by atoms with van der Waals surface area (Å²) in [6, 6.07) is 0. The fraction of sp³-hybridized carbons (Fsp3) is 0.818. The molecule has 12 heteroatoms. The highest BCUT2D eigenvalue weighted by atomic mass is 19.4. The molecule has 4 nitrogen and oxygen atoms in total. The highest BCUT2D eigenvalue weighted by molar-refractivity contribution is 5.79. The molecule has 0 fully saturated rings. The van der Waals surface area contributed by atoms with Crippen LogP contribution in [0, 0.1) is 5.92 Å². The van der Waals surface area contributed by atoms with Crippen molar-refractivity contribution < 1.29 is 54.2 Å². The summed E-state index contributed by atoms with van der Waals surface area (Å²) in [6.45, 7) is 0.837. The third-order valence-corrected chi connectivity index (χ3v) is 2.38. The lowest BCUT2D eigenvalue weighted by atomic mass is 10.1. The third kappa shape index (κ3) is 4.44. The average Bonchev–Trinajstić information content (AvgIpc) is 2.41. The number of carbonyl (C=O) groups is 2. The Morgan fingerprint density at radius 1 is 0.913 bits per heavy atom. The van der Waals surface area contributed by atoms with Gasteiger partial charge in [0, 0.05) is 0 Å². The zero-order valence-corrected chi connectivity index (χ0v) is 11.7. The van der Waals surface area contributed by atoms with Crippen LogP contribution in [-0.4, -0.2) is 49.3 Å². The van der Waals surface area contributed by atoms with E-state index in [1.54, 1.807) is 0 Å². The van der Waals surface area contributed by atoms with Crippen molar-refractivity contribution in [3.8, 4) is 0 Å². The Hall–Kier alpha value is -1.62. The minimum Gasteiger partial charge on any atom is -0.462 e. The van der Waals surface area contributed by atoms with Crippen LogP contribution in [0.15, 0.2) is 0 Å². The molecule has 23 heavy (non-hydrogen) atoms. The normalized spacial score (nSPS) is 13.4. The molecule has 0 amide bonds.